The largest absolute Gasteiger partial charge is 0.381 e. The molecule has 1 aromatic rings. The second-order valence-electron chi connectivity index (χ2n) is 5.11. The third kappa shape index (κ3) is 8.84. The van der Waals surface area contributed by atoms with Gasteiger partial charge in [0.05, 0.1) is 0 Å². The topological polar surface area (TPSA) is 50.4 Å². The number of hydrogen-bond donors (Lipinski definition) is 2. The van der Waals surface area contributed by atoms with Gasteiger partial charge in [-0.3, -0.25) is 0 Å². The predicted octanol–water partition coefficient (Wildman–Crippen LogP) is 4.19. The molecule has 2 amide bonds. The monoisotopic (exact) mass is 332 g/mol. The number of carbonyl (C=O) groups is 1. The lowest BCUT2D eigenvalue weighted by atomic mass is 10.2. The highest BCUT2D eigenvalue weighted by atomic mass is 32.2. The van der Waals surface area contributed by atoms with E-state index in [0.717, 1.165) is 6.42 Å². The van der Waals surface area contributed by atoms with Crippen LogP contribution in [0.4, 0.5) is 19.3 Å². The zero-order valence-corrected chi connectivity index (χ0v) is 13.6. The lowest BCUT2D eigenvalue weighted by Crippen LogP contribution is -2.30. The fourth-order valence-corrected chi connectivity index (χ4v) is 2.18. The van der Waals surface area contributed by atoms with Gasteiger partial charge in [0.1, 0.15) is 0 Å². The van der Waals surface area contributed by atoms with Crippen molar-refractivity contribution >= 4 is 23.5 Å². The van der Waals surface area contributed by atoms with Gasteiger partial charge in [-0.15, -0.1) is 0 Å². The molecule has 0 unspecified atom stereocenters. The van der Waals surface area contributed by atoms with E-state index >= 15 is 0 Å². The van der Waals surface area contributed by atoms with E-state index in [-0.39, 0.29) is 6.03 Å². The first kappa shape index (κ1) is 18.7. The number of ether oxygens (including phenoxy) is 1. The summed E-state index contributed by atoms with van der Waals surface area (Å²) in [5.74, 6) is -1.98. The summed E-state index contributed by atoms with van der Waals surface area (Å²) in [4.78, 5) is 12.1. The van der Waals surface area contributed by atoms with Crippen molar-refractivity contribution in [2.45, 2.75) is 30.9 Å². The minimum Gasteiger partial charge on any atom is -0.381 e. The molecule has 0 saturated carbocycles. The number of thioether (sulfide) groups is 1. The molecule has 0 aliphatic carbocycles. The molecule has 0 saturated heterocycles. The fraction of sp³-hybridized carbons (Fsp3) is 0.533. The quantitative estimate of drug-likeness (QED) is 0.527. The van der Waals surface area contributed by atoms with Gasteiger partial charge < -0.3 is 15.4 Å². The molecule has 0 bridgehead atoms. The van der Waals surface area contributed by atoms with Gasteiger partial charge in [0.25, 0.3) is 5.76 Å². The van der Waals surface area contributed by atoms with Gasteiger partial charge >= 0.3 is 6.03 Å². The Morgan fingerprint density at radius 3 is 2.82 bits per heavy atom. The van der Waals surface area contributed by atoms with Crippen LogP contribution in [0.15, 0.2) is 29.2 Å². The van der Waals surface area contributed by atoms with E-state index in [9.17, 15) is 13.6 Å². The molecule has 0 heterocycles. The van der Waals surface area contributed by atoms with Crippen molar-refractivity contribution in [2.24, 2.45) is 5.92 Å². The molecule has 0 aliphatic rings. The van der Waals surface area contributed by atoms with Crippen LogP contribution in [0.1, 0.15) is 20.3 Å². The molecule has 124 valence electrons. The molecule has 4 nitrogen and oxygen atoms in total. The average Bonchev–Trinajstić information content (AvgIpc) is 2.42. The second-order valence-corrected chi connectivity index (χ2v) is 6.17. The van der Waals surface area contributed by atoms with E-state index in [4.69, 9.17) is 4.74 Å². The van der Waals surface area contributed by atoms with Gasteiger partial charge in [0, 0.05) is 30.3 Å². The maximum atomic E-state index is 12.3. The van der Waals surface area contributed by atoms with Gasteiger partial charge in [0.2, 0.25) is 0 Å². The Kier molecular flexibility index (Phi) is 8.84. The summed E-state index contributed by atoms with van der Waals surface area (Å²) in [7, 11) is 0. The molecule has 2 N–H and O–H groups in total. The maximum absolute atomic E-state index is 12.3. The Balaban J connectivity index is 2.24. The van der Waals surface area contributed by atoms with Crippen LogP contribution in [-0.4, -0.2) is 31.5 Å². The smallest absolute Gasteiger partial charge is 0.319 e. The number of halogens is 2. The first-order valence-corrected chi connectivity index (χ1v) is 8.03. The van der Waals surface area contributed by atoms with Crippen molar-refractivity contribution in [1.29, 1.82) is 0 Å². The number of urea groups is 1. The molecule has 22 heavy (non-hydrogen) atoms. The Hall–Kier alpha value is -1.34. The van der Waals surface area contributed by atoms with E-state index in [1.165, 1.54) is 6.07 Å². The summed E-state index contributed by atoms with van der Waals surface area (Å²) >= 11 is 0.447. The summed E-state index contributed by atoms with van der Waals surface area (Å²) < 4.78 is 30.0. The third-order valence-electron chi connectivity index (χ3n) is 2.52. The minimum atomic E-state index is -2.48. The molecule has 0 aliphatic heterocycles. The normalized spacial score (nSPS) is 11.0. The number of rotatable bonds is 9. The van der Waals surface area contributed by atoms with Crippen LogP contribution in [0.5, 0.6) is 0 Å². The lowest BCUT2D eigenvalue weighted by molar-refractivity contribution is 0.108. The van der Waals surface area contributed by atoms with Crippen LogP contribution < -0.4 is 10.6 Å². The molecular weight excluding hydrogens is 310 g/mol. The average molecular weight is 332 g/mol. The summed E-state index contributed by atoms with van der Waals surface area (Å²) in [6.07, 6.45) is 0.724. The van der Waals surface area contributed by atoms with Crippen molar-refractivity contribution < 1.29 is 18.3 Å². The van der Waals surface area contributed by atoms with Crippen LogP contribution in [0.2, 0.25) is 0 Å². The molecule has 0 atom stereocenters. The summed E-state index contributed by atoms with van der Waals surface area (Å²) in [6, 6.07) is 6.01. The van der Waals surface area contributed by atoms with Crippen LogP contribution in [-0.2, 0) is 4.74 Å². The molecule has 1 rings (SSSR count). The minimum absolute atomic E-state index is 0.358. The van der Waals surface area contributed by atoms with Crippen LogP contribution in [0.25, 0.3) is 0 Å². The number of carbonyl (C=O) groups excluding carboxylic acids is 1. The highest BCUT2D eigenvalue weighted by Gasteiger charge is 2.07. The van der Waals surface area contributed by atoms with Crippen molar-refractivity contribution in [1.82, 2.24) is 5.32 Å². The molecule has 0 aromatic heterocycles. The van der Waals surface area contributed by atoms with Gasteiger partial charge in [-0.1, -0.05) is 31.7 Å². The van der Waals surface area contributed by atoms with Crippen LogP contribution >= 0.6 is 11.8 Å². The zero-order chi connectivity index (χ0) is 16.4. The molecule has 1 aromatic carbocycles. The van der Waals surface area contributed by atoms with Crippen molar-refractivity contribution in [3.8, 4) is 0 Å². The molecular formula is C15H22F2N2O2S. The highest BCUT2D eigenvalue weighted by Crippen LogP contribution is 2.27. The Morgan fingerprint density at radius 1 is 1.36 bits per heavy atom. The molecule has 0 fully saturated rings. The highest BCUT2D eigenvalue weighted by molar-refractivity contribution is 7.99. The third-order valence-corrected chi connectivity index (χ3v) is 3.22. The number of benzene rings is 1. The van der Waals surface area contributed by atoms with Gasteiger partial charge in [-0.05, 0) is 30.5 Å². The summed E-state index contributed by atoms with van der Waals surface area (Å²) in [6.45, 7) is 5.95. The Labute approximate surface area is 134 Å². The first-order chi connectivity index (χ1) is 10.5. The number of amides is 2. The van der Waals surface area contributed by atoms with Gasteiger partial charge in [-0.25, -0.2) is 4.79 Å². The van der Waals surface area contributed by atoms with E-state index in [1.807, 2.05) is 0 Å². The fourth-order valence-electron chi connectivity index (χ4n) is 1.62. The maximum Gasteiger partial charge on any atom is 0.319 e. The summed E-state index contributed by atoms with van der Waals surface area (Å²) in [5, 5.41) is 5.31. The Morgan fingerprint density at radius 2 is 2.14 bits per heavy atom. The standard InChI is InChI=1S/C15H22F2N2O2S/c1-11(2)10-21-8-4-7-18-15(20)19-12-5-3-6-13(9-12)22-14(16)17/h3,5-6,9,11,14H,4,7-8,10H2,1-2H3,(H2,18,19,20). The number of alkyl halides is 2. The predicted molar refractivity (Wildman–Crippen MR) is 85.6 cm³/mol. The molecule has 0 radical (unpaired) electrons. The second kappa shape index (κ2) is 10.4. The van der Waals surface area contributed by atoms with Crippen molar-refractivity contribution in [2.75, 3.05) is 25.1 Å². The lowest BCUT2D eigenvalue weighted by Gasteiger charge is -2.09. The van der Waals surface area contributed by atoms with E-state index in [2.05, 4.69) is 24.5 Å². The van der Waals surface area contributed by atoms with E-state index in [0.29, 0.717) is 48.0 Å². The van der Waals surface area contributed by atoms with E-state index < -0.39 is 5.76 Å². The van der Waals surface area contributed by atoms with Crippen LogP contribution in [0, 0.1) is 5.92 Å². The van der Waals surface area contributed by atoms with Crippen molar-refractivity contribution in [3.05, 3.63) is 24.3 Å². The zero-order valence-electron chi connectivity index (χ0n) is 12.8. The van der Waals surface area contributed by atoms with Gasteiger partial charge in [-0.2, -0.15) is 8.78 Å². The number of anilines is 1. The van der Waals surface area contributed by atoms with Gasteiger partial charge in [0.15, 0.2) is 0 Å². The molecule has 0 spiro atoms. The van der Waals surface area contributed by atoms with Crippen LogP contribution in [0.3, 0.4) is 0 Å². The number of hydrogen-bond acceptors (Lipinski definition) is 3. The summed E-state index contributed by atoms with van der Waals surface area (Å²) in [5.41, 5.74) is 0.485. The SMILES string of the molecule is CC(C)COCCCNC(=O)Nc1cccc(SC(F)F)c1. The first-order valence-electron chi connectivity index (χ1n) is 7.15. The van der Waals surface area contributed by atoms with E-state index in [1.54, 1.807) is 18.2 Å². The Bertz CT molecular complexity index is 459. The van der Waals surface area contributed by atoms with Crippen molar-refractivity contribution in [3.63, 3.8) is 0 Å². The number of nitrogens with one attached hydrogen (secondary N) is 2. The molecule has 7 heteroatoms.